The summed E-state index contributed by atoms with van der Waals surface area (Å²) in [6.07, 6.45) is 0. The van der Waals surface area contributed by atoms with Crippen LogP contribution in [-0.4, -0.2) is 43.9 Å². The number of morpholine rings is 1. The van der Waals surface area contributed by atoms with Gasteiger partial charge in [-0.3, -0.25) is 10.1 Å². The Hall–Kier alpha value is -1.51. The van der Waals surface area contributed by atoms with Gasteiger partial charge in [0.2, 0.25) is 10.0 Å². The molecule has 1 heterocycles. The van der Waals surface area contributed by atoms with Crippen molar-refractivity contribution >= 4 is 15.7 Å². The topological polar surface area (TPSA) is 89.8 Å². The molecule has 1 aromatic rings. The summed E-state index contributed by atoms with van der Waals surface area (Å²) in [6.45, 7) is 4.54. The summed E-state index contributed by atoms with van der Waals surface area (Å²) in [6, 6.07) is 2.51. The number of hydrogen-bond acceptors (Lipinski definition) is 5. The van der Waals surface area contributed by atoms with Crippen LogP contribution in [0.15, 0.2) is 17.0 Å². The minimum Gasteiger partial charge on any atom is -0.379 e. The third-order valence-electron chi connectivity index (χ3n) is 3.40. The molecule has 0 saturated carbocycles. The predicted octanol–water partition coefficient (Wildman–Crippen LogP) is 1.23. The monoisotopic (exact) mass is 300 g/mol. The normalized spacial score (nSPS) is 17.1. The van der Waals surface area contributed by atoms with Crippen molar-refractivity contribution in [2.75, 3.05) is 26.3 Å². The van der Waals surface area contributed by atoms with E-state index in [4.69, 9.17) is 4.74 Å². The van der Waals surface area contributed by atoms with E-state index in [1.54, 1.807) is 13.8 Å². The van der Waals surface area contributed by atoms with Gasteiger partial charge in [0, 0.05) is 25.2 Å². The third-order valence-corrected chi connectivity index (χ3v) is 5.43. The van der Waals surface area contributed by atoms with Gasteiger partial charge >= 0.3 is 0 Å². The molecule has 0 radical (unpaired) electrons. The molecule has 0 atom stereocenters. The molecule has 0 unspecified atom stereocenters. The zero-order chi connectivity index (χ0) is 14.9. The third kappa shape index (κ3) is 2.67. The lowest BCUT2D eigenvalue weighted by Crippen LogP contribution is -2.40. The van der Waals surface area contributed by atoms with Crippen LogP contribution in [0.1, 0.15) is 11.1 Å². The summed E-state index contributed by atoms with van der Waals surface area (Å²) < 4.78 is 31.6. The largest absolute Gasteiger partial charge is 0.379 e. The van der Waals surface area contributed by atoms with E-state index >= 15 is 0 Å². The highest BCUT2D eigenvalue weighted by Gasteiger charge is 2.29. The average Bonchev–Trinajstić information content (AvgIpc) is 2.42. The first-order valence-corrected chi connectivity index (χ1v) is 7.61. The molecule has 2 rings (SSSR count). The second-order valence-electron chi connectivity index (χ2n) is 4.66. The van der Waals surface area contributed by atoms with Crippen molar-refractivity contribution in [3.05, 3.63) is 33.4 Å². The lowest BCUT2D eigenvalue weighted by Gasteiger charge is -2.26. The van der Waals surface area contributed by atoms with Gasteiger partial charge in [0.1, 0.15) is 0 Å². The van der Waals surface area contributed by atoms with Gasteiger partial charge in [-0.25, -0.2) is 8.42 Å². The van der Waals surface area contributed by atoms with Crippen molar-refractivity contribution in [2.24, 2.45) is 0 Å². The maximum atomic E-state index is 12.6. The van der Waals surface area contributed by atoms with E-state index in [0.29, 0.717) is 24.3 Å². The SMILES string of the molecule is Cc1cc([N+](=O)[O-])cc(S(=O)(=O)N2CCOCC2)c1C. The highest BCUT2D eigenvalue weighted by Crippen LogP contribution is 2.28. The molecule has 20 heavy (non-hydrogen) atoms. The Labute approximate surface area is 117 Å². The number of nitro benzene ring substituents is 1. The van der Waals surface area contributed by atoms with Gasteiger partial charge in [0.05, 0.1) is 23.0 Å². The molecule has 8 heteroatoms. The van der Waals surface area contributed by atoms with Crippen LogP contribution >= 0.6 is 0 Å². The van der Waals surface area contributed by atoms with E-state index in [1.165, 1.54) is 10.4 Å². The number of benzene rings is 1. The van der Waals surface area contributed by atoms with E-state index in [1.807, 2.05) is 0 Å². The van der Waals surface area contributed by atoms with Crippen LogP contribution in [0.4, 0.5) is 5.69 Å². The molecule has 110 valence electrons. The van der Waals surface area contributed by atoms with Gasteiger partial charge in [-0.15, -0.1) is 0 Å². The minimum absolute atomic E-state index is 0.00565. The number of rotatable bonds is 3. The van der Waals surface area contributed by atoms with Crippen molar-refractivity contribution in [1.82, 2.24) is 4.31 Å². The van der Waals surface area contributed by atoms with Gasteiger partial charge in [-0.05, 0) is 25.0 Å². The van der Waals surface area contributed by atoms with E-state index in [0.717, 1.165) is 6.07 Å². The first-order chi connectivity index (χ1) is 9.34. The second kappa shape index (κ2) is 5.47. The molecule has 1 aromatic carbocycles. The summed E-state index contributed by atoms with van der Waals surface area (Å²) in [7, 11) is -3.72. The highest BCUT2D eigenvalue weighted by atomic mass is 32.2. The zero-order valence-corrected chi connectivity index (χ0v) is 12.1. The van der Waals surface area contributed by atoms with E-state index in [2.05, 4.69) is 0 Å². The summed E-state index contributed by atoms with van der Waals surface area (Å²) in [5, 5.41) is 10.9. The van der Waals surface area contributed by atoms with Crippen molar-refractivity contribution in [2.45, 2.75) is 18.7 Å². The Morgan fingerprint density at radius 3 is 2.40 bits per heavy atom. The number of sulfonamides is 1. The maximum absolute atomic E-state index is 12.6. The van der Waals surface area contributed by atoms with E-state index in [-0.39, 0.29) is 23.7 Å². The molecule has 0 aromatic heterocycles. The van der Waals surface area contributed by atoms with Gasteiger partial charge < -0.3 is 4.74 Å². The predicted molar refractivity (Wildman–Crippen MR) is 72.1 cm³/mol. The molecule has 0 aliphatic carbocycles. The van der Waals surface area contributed by atoms with Crippen LogP contribution in [-0.2, 0) is 14.8 Å². The molecule has 1 aliphatic heterocycles. The van der Waals surface area contributed by atoms with Crippen LogP contribution < -0.4 is 0 Å². The van der Waals surface area contributed by atoms with E-state index in [9.17, 15) is 18.5 Å². The van der Waals surface area contributed by atoms with Gasteiger partial charge in [-0.1, -0.05) is 0 Å². The first-order valence-electron chi connectivity index (χ1n) is 6.17. The summed E-state index contributed by atoms with van der Waals surface area (Å²) in [5.41, 5.74) is 0.924. The number of aryl methyl sites for hydroxylation is 1. The molecule has 1 saturated heterocycles. The Kier molecular flexibility index (Phi) is 4.07. The average molecular weight is 300 g/mol. The van der Waals surface area contributed by atoms with Gasteiger partial charge in [0.25, 0.3) is 5.69 Å². The van der Waals surface area contributed by atoms with Crippen LogP contribution in [0.3, 0.4) is 0 Å². The number of nitrogens with zero attached hydrogens (tertiary/aromatic N) is 2. The van der Waals surface area contributed by atoms with Crippen molar-refractivity contribution in [3.63, 3.8) is 0 Å². The fourth-order valence-electron chi connectivity index (χ4n) is 2.11. The number of nitro groups is 1. The Morgan fingerprint density at radius 2 is 1.85 bits per heavy atom. The van der Waals surface area contributed by atoms with Crippen molar-refractivity contribution in [3.8, 4) is 0 Å². The minimum atomic E-state index is -3.72. The molecule has 7 nitrogen and oxygen atoms in total. The molecule has 0 spiro atoms. The number of non-ortho nitro benzene ring substituents is 1. The lowest BCUT2D eigenvalue weighted by atomic mass is 10.1. The van der Waals surface area contributed by atoms with Crippen LogP contribution in [0.25, 0.3) is 0 Å². The number of hydrogen-bond donors (Lipinski definition) is 0. The lowest BCUT2D eigenvalue weighted by molar-refractivity contribution is -0.385. The quantitative estimate of drug-likeness (QED) is 0.618. The molecule has 1 fully saturated rings. The van der Waals surface area contributed by atoms with Gasteiger partial charge in [0.15, 0.2) is 0 Å². The van der Waals surface area contributed by atoms with E-state index < -0.39 is 14.9 Å². The van der Waals surface area contributed by atoms with Crippen molar-refractivity contribution in [1.29, 1.82) is 0 Å². The smallest absolute Gasteiger partial charge is 0.271 e. The second-order valence-corrected chi connectivity index (χ2v) is 6.57. The van der Waals surface area contributed by atoms with Crippen LogP contribution in [0, 0.1) is 24.0 Å². The highest BCUT2D eigenvalue weighted by molar-refractivity contribution is 7.89. The number of ether oxygens (including phenoxy) is 1. The molecular weight excluding hydrogens is 284 g/mol. The van der Waals surface area contributed by atoms with Crippen LogP contribution in [0.2, 0.25) is 0 Å². The molecule has 1 aliphatic rings. The van der Waals surface area contributed by atoms with Crippen LogP contribution in [0.5, 0.6) is 0 Å². The van der Waals surface area contributed by atoms with Gasteiger partial charge in [-0.2, -0.15) is 4.31 Å². The first kappa shape index (κ1) is 14.9. The Morgan fingerprint density at radius 1 is 1.25 bits per heavy atom. The molecular formula is C12H16N2O5S. The fourth-order valence-corrected chi connectivity index (χ4v) is 3.83. The Bertz CT molecular complexity index is 635. The molecule has 0 bridgehead atoms. The Balaban J connectivity index is 2.52. The summed E-state index contributed by atoms with van der Waals surface area (Å²) in [4.78, 5) is 10.3. The molecule has 0 N–H and O–H groups in total. The summed E-state index contributed by atoms with van der Waals surface area (Å²) in [5.74, 6) is 0. The fraction of sp³-hybridized carbons (Fsp3) is 0.500. The molecule has 0 amide bonds. The van der Waals surface area contributed by atoms with Crippen molar-refractivity contribution < 1.29 is 18.1 Å². The zero-order valence-electron chi connectivity index (χ0n) is 11.3. The standard InChI is InChI=1S/C12H16N2O5S/c1-9-7-11(14(15)16)8-12(10(9)2)20(17,18)13-3-5-19-6-4-13/h7-8H,3-6H2,1-2H3. The maximum Gasteiger partial charge on any atom is 0.271 e. The summed E-state index contributed by atoms with van der Waals surface area (Å²) >= 11 is 0.